The van der Waals surface area contributed by atoms with Gasteiger partial charge in [-0.05, 0) is 74.5 Å². The van der Waals surface area contributed by atoms with Crippen molar-refractivity contribution in [2.24, 2.45) is 17.8 Å². The standard InChI is InChI=1S/C21H24ClF3N2O2/c1-19(14-2-3-16(22)15(6-14)21(23,24)25)10-27(18(28)26-19)17-12-4-11-5-13(17)9-20(29,7-11)8-12/h2-3,6,11-13,17,29H,4-5,7-10H2,1H3,(H,26,28). The summed E-state index contributed by atoms with van der Waals surface area (Å²) in [5, 5.41) is 13.4. The molecule has 5 fully saturated rings. The summed E-state index contributed by atoms with van der Waals surface area (Å²) < 4.78 is 39.9. The van der Waals surface area contributed by atoms with Crippen LogP contribution in [0.1, 0.15) is 50.2 Å². The van der Waals surface area contributed by atoms with Crippen LogP contribution in [0.15, 0.2) is 18.2 Å². The minimum Gasteiger partial charge on any atom is -0.390 e. The zero-order valence-corrected chi connectivity index (χ0v) is 16.9. The molecule has 4 saturated carbocycles. The lowest BCUT2D eigenvalue weighted by Gasteiger charge is -2.59. The van der Waals surface area contributed by atoms with Crippen LogP contribution >= 0.6 is 11.6 Å². The number of urea groups is 1. The summed E-state index contributed by atoms with van der Waals surface area (Å²) in [5.41, 5.74) is -2.01. The number of benzene rings is 1. The van der Waals surface area contributed by atoms with E-state index < -0.39 is 22.9 Å². The van der Waals surface area contributed by atoms with E-state index in [1.54, 1.807) is 13.0 Å². The van der Waals surface area contributed by atoms with Crippen LogP contribution in [0.3, 0.4) is 0 Å². The number of hydrogen-bond donors (Lipinski definition) is 2. The second-order valence-corrected chi connectivity index (χ2v) is 10.2. The van der Waals surface area contributed by atoms with Crippen LogP contribution in [0.2, 0.25) is 5.02 Å². The van der Waals surface area contributed by atoms with Gasteiger partial charge in [-0.1, -0.05) is 17.7 Å². The summed E-state index contributed by atoms with van der Waals surface area (Å²) >= 11 is 5.77. The van der Waals surface area contributed by atoms with Crippen molar-refractivity contribution in [2.75, 3.05) is 6.54 Å². The second kappa shape index (κ2) is 6.03. The molecule has 4 bridgehead atoms. The van der Waals surface area contributed by atoms with Crippen molar-refractivity contribution in [2.45, 2.75) is 62.4 Å². The van der Waals surface area contributed by atoms with Crippen molar-refractivity contribution in [1.29, 1.82) is 0 Å². The van der Waals surface area contributed by atoms with Crippen LogP contribution in [0.4, 0.5) is 18.0 Å². The number of carbonyl (C=O) groups excluding carboxylic acids is 1. The zero-order chi connectivity index (χ0) is 20.8. The summed E-state index contributed by atoms with van der Waals surface area (Å²) in [6, 6.07) is 3.66. The molecule has 1 heterocycles. The first-order chi connectivity index (χ1) is 13.5. The summed E-state index contributed by atoms with van der Waals surface area (Å²) in [5.74, 6) is 1.04. The van der Waals surface area contributed by atoms with Crippen LogP contribution in [0.25, 0.3) is 0 Å². The number of alkyl halides is 3. The van der Waals surface area contributed by atoms with E-state index in [9.17, 15) is 23.1 Å². The Balaban J connectivity index is 1.44. The van der Waals surface area contributed by atoms with Crippen molar-refractivity contribution in [3.05, 3.63) is 34.3 Å². The lowest BCUT2D eigenvalue weighted by Crippen LogP contribution is -2.62. The predicted octanol–water partition coefficient (Wildman–Crippen LogP) is 4.54. The van der Waals surface area contributed by atoms with Gasteiger partial charge >= 0.3 is 12.2 Å². The van der Waals surface area contributed by atoms with Gasteiger partial charge in [-0.15, -0.1) is 0 Å². The Hall–Kier alpha value is -1.47. The van der Waals surface area contributed by atoms with Gasteiger partial charge in [0.05, 0.1) is 21.7 Å². The van der Waals surface area contributed by atoms with Gasteiger partial charge in [-0.2, -0.15) is 13.2 Å². The fraction of sp³-hybridized carbons (Fsp3) is 0.667. The highest BCUT2D eigenvalue weighted by Crippen LogP contribution is 2.57. The van der Waals surface area contributed by atoms with Gasteiger partial charge in [0.15, 0.2) is 0 Å². The Morgan fingerprint density at radius 2 is 1.86 bits per heavy atom. The molecule has 3 unspecified atom stereocenters. The van der Waals surface area contributed by atoms with E-state index in [1.807, 2.05) is 4.90 Å². The fourth-order valence-electron chi connectivity index (χ4n) is 6.71. The van der Waals surface area contributed by atoms with E-state index in [-0.39, 0.29) is 28.9 Å². The minimum atomic E-state index is -4.55. The van der Waals surface area contributed by atoms with Crippen LogP contribution in [-0.4, -0.2) is 34.2 Å². The Bertz CT molecular complexity index is 860. The highest BCUT2D eigenvalue weighted by Gasteiger charge is 2.58. The average Bonchev–Trinajstić information content (AvgIpc) is 2.88. The van der Waals surface area contributed by atoms with Crippen LogP contribution in [0.5, 0.6) is 0 Å². The molecule has 0 aromatic heterocycles. The molecule has 3 atom stereocenters. The summed E-state index contributed by atoms with van der Waals surface area (Å²) in [4.78, 5) is 14.7. The fourth-order valence-corrected chi connectivity index (χ4v) is 6.94. The van der Waals surface area contributed by atoms with Crippen molar-refractivity contribution in [1.82, 2.24) is 10.2 Å². The molecule has 2 amide bonds. The van der Waals surface area contributed by atoms with Crippen molar-refractivity contribution < 1.29 is 23.1 Å². The minimum absolute atomic E-state index is 0.0445. The first-order valence-electron chi connectivity index (χ1n) is 10.2. The van der Waals surface area contributed by atoms with Gasteiger partial charge in [0.25, 0.3) is 0 Å². The topological polar surface area (TPSA) is 52.6 Å². The van der Waals surface area contributed by atoms with Crippen molar-refractivity contribution in [3.8, 4) is 0 Å². The quantitative estimate of drug-likeness (QED) is 0.726. The third kappa shape index (κ3) is 3.03. The molecule has 6 rings (SSSR count). The van der Waals surface area contributed by atoms with Crippen molar-refractivity contribution in [3.63, 3.8) is 0 Å². The summed E-state index contributed by atoms with van der Waals surface area (Å²) in [6.07, 6.45) is -0.231. The van der Waals surface area contributed by atoms with E-state index in [4.69, 9.17) is 11.6 Å². The van der Waals surface area contributed by atoms with E-state index in [2.05, 4.69) is 5.32 Å². The molecule has 5 aliphatic rings. The number of rotatable bonds is 2. The average molecular weight is 429 g/mol. The maximum atomic E-state index is 13.3. The van der Waals surface area contributed by atoms with Crippen LogP contribution in [0, 0.1) is 17.8 Å². The zero-order valence-electron chi connectivity index (χ0n) is 16.1. The number of carbonyl (C=O) groups is 1. The lowest BCUT2D eigenvalue weighted by atomic mass is 9.52. The molecule has 0 spiro atoms. The molecular formula is C21H24ClF3N2O2. The van der Waals surface area contributed by atoms with E-state index in [0.717, 1.165) is 25.3 Å². The Kier molecular flexibility index (Phi) is 4.06. The maximum Gasteiger partial charge on any atom is 0.417 e. The van der Waals surface area contributed by atoms with E-state index in [1.165, 1.54) is 6.07 Å². The highest BCUT2D eigenvalue weighted by molar-refractivity contribution is 6.31. The molecule has 4 aliphatic carbocycles. The van der Waals surface area contributed by atoms with Crippen LogP contribution in [-0.2, 0) is 11.7 Å². The molecular weight excluding hydrogens is 405 g/mol. The molecule has 1 saturated heterocycles. The number of hydrogen-bond acceptors (Lipinski definition) is 2. The second-order valence-electron chi connectivity index (χ2n) is 9.77. The Morgan fingerprint density at radius 1 is 1.21 bits per heavy atom. The molecule has 2 N–H and O–H groups in total. The smallest absolute Gasteiger partial charge is 0.390 e. The molecule has 0 radical (unpaired) electrons. The van der Waals surface area contributed by atoms with Gasteiger partial charge in [0.2, 0.25) is 0 Å². The predicted molar refractivity (Wildman–Crippen MR) is 101 cm³/mol. The summed E-state index contributed by atoms with van der Waals surface area (Å²) in [7, 11) is 0. The van der Waals surface area contributed by atoms with Gasteiger partial charge in [-0.3, -0.25) is 0 Å². The third-order valence-corrected chi connectivity index (χ3v) is 7.92. The molecule has 158 valence electrons. The molecule has 1 aromatic rings. The van der Waals surface area contributed by atoms with E-state index >= 15 is 0 Å². The monoisotopic (exact) mass is 428 g/mol. The molecule has 4 nitrogen and oxygen atoms in total. The third-order valence-electron chi connectivity index (χ3n) is 7.59. The maximum absolute atomic E-state index is 13.3. The highest BCUT2D eigenvalue weighted by atomic mass is 35.5. The first kappa shape index (κ1) is 19.5. The van der Waals surface area contributed by atoms with Crippen LogP contribution < -0.4 is 5.32 Å². The summed E-state index contributed by atoms with van der Waals surface area (Å²) in [6.45, 7) is 2.07. The lowest BCUT2D eigenvalue weighted by molar-refractivity contribution is -0.152. The number of nitrogens with zero attached hydrogens (tertiary/aromatic N) is 1. The first-order valence-corrected chi connectivity index (χ1v) is 10.5. The molecule has 1 aliphatic heterocycles. The van der Waals surface area contributed by atoms with Gasteiger partial charge in [0, 0.05) is 12.6 Å². The Labute approximate surface area is 172 Å². The van der Waals surface area contributed by atoms with Gasteiger partial charge in [0.1, 0.15) is 0 Å². The largest absolute Gasteiger partial charge is 0.417 e. The number of aliphatic hydroxyl groups is 1. The van der Waals surface area contributed by atoms with E-state index in [0.29, 0.717) is 30.9 Å². The number of halogens is 4. The SMILES string of the molecule is CC1(c2ccc(Cl)c(C(F)(F)F)c2)CN(C2C3CC4CC2CC(O)(C4)C3)C(=O)N1. The van der Waals surface area contributed by atoms with Gasteiger partial charge < -0.3 is 15.3 Å². The number of nitrogens with one attached hydrogen (secondary N) is 1. The molecule has 1 aromatic carbocycles. The number of amides is 2. The molecule has 29 heavy (non-hydrogen) atoms. The van der Waals surface area contributed by atoms with Gasteiger partial charge in [-0.25, -0.2) is 4.79 Å². The normalized spacial score (nSPS) is 41.2. The molecule has 8 heteroatoms. The Morgan fingerprint density at radius 3 is 2.45 bits per heavy atom. The van der Waals surface area contributed by atoms with Crippen molar-refractivity contribution >= 4 is 17.6 Å².